The average Bonchev–Trinajstić information content (AvgIpc) is 2.40. The van der Waals surface area contributed by atoms with E-state index < -0.39 is 0 Å². The number of nitriles is 1. The van der Waals surface area contributed by atoms with E-state index in [1.54, 1.807) is 0 Å². The topological polar surface area (TPSA) is 56.3 Å². The predicted molar refractivity (Wildman–Crippen MR) is 68.1 cm³/mol. The zero-order valence-corrected chi connectivity index (χ0v) is 9.71. The monoisotopic (exact) mass is 228 g/mol. The highest BCUT2D eigenvalue weighted by atomic mass is 15.3. The zero-order valence-electron chi connectivity index (χ0n) is 9.71. The molecular formula is C13H16N4. The largest absolute Gasteiger partial charge is 0.385 e. The fourth-order valence-corrected chi connectivity index (χ4v) is 2.02. The normalized spacial score (nSPS) is 16.8. The minimum absolute atomic E-state index is 0.570. The Hall–Kier alpha value is -2.15. The molecule has 1 aliphatic rings. The lowest BCUT2D eigenvalue weighted by Crippen LogP contribution is -2.47. The van der Waals surface area contributed by atoms with Crippen molar-refractivity contribution in [2.24, 2.45) is 5.73 Å². The average molecular weight is 228 g/mol. The van der Waals surface area contributed by atoms with Gasteiger partial charge in [0, 0.05) is 31.9 Å². The highest BCUT2D eigenvalue weighted by molar-refractivity contribution is 5.46. The van der Waals surface area contributed by atoms with Gasteiger partial charge in [0.15, 0.2) is 0 Å². The van der Waals surface area contributed by atoms with Gasteiger partial charge in [-0.15, -0.1) is 0 Å². The summed E-state index contributed by atoms with van der Waals surface area (Å²) in [5.41, 5.74) is 7.03. The van der Waals surface area contributed by atoms with Crippen LogP contribution in [0.3, 0.4) is 0 Å². The maximum Gasteiger partial charge on any atom is 0.109 e. The zero-order chi connectivity index (χ0) is 12.1. The molecule has 1 fully saturated rings. The maximum atomic E-state index is 8.55. The van der Waals surface area contributed by atoms with Gasteiger partial charge in [-0.3, -0.25) is 0 Å². The number of piperazine rings is 1. The van der Waals surface area contributed by atoms with Crippen LogP contribution >= 0.6 is 0 Å². The number of anilines is 1. The van der Waals surface area contributed by atoms with E-state index in [2.05, 4.69) is 17.0 Å². The minimum atomic E-state index is 0.570. The lowest BCUT2D eigenvalue weighted by molar-refractivity contribution is 0.318. The first-order valence-electron chi connectivity index (χ1n) is 5.71. The van der Waals surface area contributed by atoms with Gasteiger partial charge >= 0.3 is 0 Å². The van der Waals surface area contributed by atoms with E-state index in [-0.39, 0.29) is 0 Å². The van der Waals surface area contributed by atoms with Crippen molar-refractivity contribution in [2.75, 3.05) is 31.1 Å². The molecule has 1 heterocycles. The van der Waals surface area contributed by atoms with Crippen molar-refractivity contribution in [3.05, 3.63) is 42.2 Å². The summed E-state index contributed by atoms with van der Waals surface area (Å²) >= 11 is 0. The van der Waals surface area contributed by atoms with Crippen LogP contribution in [-0.2, 0) is 0 Å². The number of nitrogens with two attached hydrogens (primary N) is 1. The molecule has 0 unspecified atom stereocenters. The number of allylic oxidation sites excluding steroid dienone is 1. The van der Waals surface area contributed by atoms with E-state index in [1.165, 1.54) is 11.8 Å². The van der Waals surface area contributed by atoms with E-state index in [4.69, 9.17) is 11.0 Å². The third-order valence-corrected chi connectivity index (χ3v) is 2.98. The number of benzene rings is 1. The fraction of sp³-hybridized carbons (Fsp3) is 0.308. The van der Waals surface area contributed by atoms with Gasteiger partial charge < -0.3 is 15.5 Å². The van der Waals surface area contributed by atoms with E-state index >= 15 is 0 Å². The molecule has 1 aliphatic heterocycles. The molecule has 0 spiro atoms. The third kappa shape index (κ3) is 2.70. The summed E-state index contributed by atoms with van der Waals surface area (Å²) < 4.78 is 0. The van der Waals surface area contributed by atoms with Gasteiger partial charge in [0.25, 0.3) is 0 Å². The second-order valence-corrected chi connectivity index (χ2v) is 4.01. The molecule has 4 heteroatoms. The molecule has 88 valence electrons. The number of rotatable bonds is 2. The van der Waals surface area contributed by atoms with Gasteiger partial charge in [0.2, 0.25) is 0 Å². The molecule has 0 bridgehead atoms. The molecule has 0 radical (unpaired) electrons. The Morgan fingerprint density at radius 2 is 1.82 bits per heavy atom. The van der Waals surface area contributed by atoms with Crippen molar-refractivity contribution in [3.63, 3.8) is 0 Å². The second kappa shape index (κ2) is 5.26. The Bertz CT molecular complexity index is 424. The van der Waals surface area contributed by atoms with Crippen LogP contribution < -0.4 is 10.6 Å². The lowest BCUT2D eigenvalue weighted by atomic mass is 10.2. The fourth-order valence-electron chi connectivity index (χ4n) is 2.02. The standard InChI is InChI=1S/C13H16N4/c14-7-6-13(15)17-10-8-16(9-11-17)12-4-2-1-3-5-12/h1-6H,8-11,15H2/b13-6+. The molecule has 0 aliphatic carbocycles. The van der Waals surface area contributed by atoms with E-state index in [1.807, 2.05) is 29.2 Å². The Morgan fingerprint density at radius 1 is 1.18 bits per heavy atom. The molecule has 4 nitrogen and oxygen atoms in total. The van der Waals surface area contributed by atoms with Crippen LogP contribution in [0.15, 0.2) is 42.2 Å². The van der Waals surface area contributed by atoms with Gasteiger partial charge in [-0.2, -0.15) is 5.26 Å². The van der Waals surface area contributed by atoms with Crippen LogP contribution in [0.25, 0.3) is 0 Å². The van der Waals surface area contributed by atoms with Crippen LogP contribution in [-0.4, -0.2) is 31.1 Å². The van der Waals surface area contributed by atoms with Crippen LogP contribution in [0.4, 0.5) is 5.69 Å². The lowest BCUT2D eigenvalue weighted by Gasteiger charge is -2.37. The summed E-state index contributed by atoms with van der Waals surface area (Å²) in [6, 6.07) is 12.3. The highest BCUT2D eigenvalue weighted by Gasteiger charge is 2.17. The molecule has 0 amide bonds. The second-order valence-electron chi connectivity index (χ2n) is 4.01. The van der Waals surface area contributed by atoms with E-state index in [0.717, 1.165) is 26.2 Å². The van der Waals surface area contributed by atoms with E-state index in [0.29, 0.717) is 5.82 Å². The smallest absolute Gasteiger partial charge is 0.109 e. The number of hydrogen-bond acceptors (Lipinski definition) is 4. The predicted octanol–water partition coefficient (Wildman–Crippen LogP) is 1.13. The molecule has 0 aromatic heterocycles. The van der Waals surface area contributed by atoms with Crippen LogP contribution in [0.1, 0.15) is 0 Å². The summed E-state index contributed by atoms with van der Waals surface area (Å²) in [5, 5.41) is 8.55. The Labute approximate surface area is 102 Å². The summed E-state index contributed by atoms with van der Waals surface area (Å²) in [7, 11) is 0. The van der Waals surface area contributed by atoms with Gasteiger partial charge in [-0.25, -0.2) is 0 Å². The first-order valence-corrected chi connectivity index (χ1v) is 5.71. The first-order chi connectivity index (χ1) is 8.31. The van der Waals surface area contributed by atoms with Crippen LogP contribution in [0.5, 0.6) is 0 Å². The molecule has 2 rings (SSSR count). The van der Waals surface area contributed by atoms with Crippen LogP contribution in [0.2, 0.25) is 0 Å². The summed E-state index contributed by atoms with van der Waals surface area (Å²) in [6.07, 6.45) is 1.40. The Morgan fingerprint density at radius 3 is 2.41 bits per heavy atom. The van der Waals surface area contributed by atoms with Crippen molar-refractivity contribution in [1.29, 1.82) is 5.26 Å². The molecule has 1 saturated heterocycles. The molecule has 0 atom stereocenters. The molecular weight excluding hydrogens is 212 g/mol. The van der Waals surface area contributed by atoms with Crippen LogP contribution in [0, 0.1) is 11.3 Å². The molecule has 2 N–H and O–H groups in total. The van der Waals surface area contributed by atoms with Gasteiger partial charge in [-0.05, 0) is 12.1 Å². The first kappa shape index (κ1) is 11.3. The quantitative estimate of drug-likeness (QED) is 0.771. The summed E-state index contributed by atoms with van der Waals surface area (Å²) in [5.74, 6) is 0.570. The van der Waals surface area contributed by atoms with Crippen molar-refractivity contribution < 1.29 is 0 Å². The van der Waals surface area contributed by atoms with E-state index in [9.17, 15) is 0 Å². The SMILES string of the molecule is N#C/C=C(\N)N1CCN(c2ccccc2)CC1. The number of nitrogens with zero attached hydrogens (tertiary/aromatic N) is 3. The summed E-state index contributed by atoms with van der Waals surface area (Å²) in [6.45, 7) is 3.59. The molecule has 1 aromatic carbocycles. The van der Waals surface area contributed by atoms with Gasteiger partial charge in [0.1, 0.15) is 5.82 Å². The minimum Gasteiger partial charge on any atom is -0.385 e. The summed E-state index contributed by atoms with van der Waals surface area (Å²) in [4.78, 5) is 4.37. The Kier molecular flexibility index (Phi) is 3.51. The van der Waals surface area contributed by atoms with Crippen molar-refractivity contribution >= 4 is 5.69 Å². The molecule has 17 heavy (non-hydrogen) atoms. The van der Waals surface area contributed by atoms with Crippen molar-refractivity contribution in [1.82, 2.24) is 4.90 Å². The number of hydrogen-bond donors (Lipinski definition) is 1. The van der Waals surface area contributed by atoms with Gasteiger partial charge in [-0.1, -0.05) is 18.2 Å². The molecule has 0 saturated carbocycles. The Balaban J connectivity index is 1.95. The van der Waals surface area contributed by atoms with Crippen molar-refractivity contribution in [2.45, 2.75) is 0 Å². The van der Waals surface area contributed by atoms with Gasteiger partial charge in [0.05, 0.1) is 12.1 Å². The third-order valence-electron chi connectivity index (χ3n) is 2.98. The maximum absolute atomic E-state index is 8.55. The highest BCUT2D eigenvalue weighted by Crippen LogP contribution is 2.16. The number of para-hydroxylation sites is 1. The molecule has 1 aromatic rings. The van der Waals surface area contributed by atoms with Crippen molar-refractivity contribution in [3.8, 4) is 6.07 Å².